The van der Waals surface area contributed by atoms with Gasteiger partial charge in [-0.1, -0.05) is 29.8 Å². The number of hydrogen-bond donors (Lipinski definition) is 1. The zero-order valence-corrected chi connectivity index (χ0v) is 31.2. The van der Waals surface area contributed by atoms with E-state index in [0.717, 1.165) is 55.1 Å². The first-order valence-corrected chi connectivity index (χ1v) is 18.8. The van der Waals surface area contributed by atoms with Gasteiger partial charge in [0.25, 0.3) is 11.8 Å². The molecule has 1 saturated carbocycles. The summed E-state index contributed by atoms with van der Waals surface area (Å²) in [5.41, 5.74) is 2.37. The summed E-state index contributed by atoms with van der Waals surface area (Å²) < 4.78 is 36.1. The fourth-order valence-corrected chi connectivity index (χ4v) is 8.59. The normalized spacial score (nSPS) is 22.6. The van der Waals surface area contributed by atoms with Crippen LogP contribution in [0.15, 0.2) is 70.8 Å². The second-order valence-corrected chi connectivity index (χ2v) is 15.9. The smallest absolute Gasteiger partial charge is 0.276 e. The van der Waals surface area contributed by atoms with Crippen LogP contribution in [0, 0.1) is 11.8 Å². The molecule has 1 N–H and O–H groups in total. The van der Waals surface area contributed by atoms with Gasteiger partial charge < -0.3 is 19.1 Å². The van der Waals surface area contributed by atoms with Gasteiger partial charge in [0.2, 0.25) is 0 Å². The van der Waals surface area contributed by atoms with E-state index in [9.17, 15) is 13.8 Å². The van der Waals surface area contributed by atoms with E-state index in [1.54, 1.807) is 40.3 Å². The van der Waals surface area contributed by atoms with Crippen LogP contribution in [0.25, 0.3) is 0 Å². The molecule has 2 amide bonds. The molecule has 2 heterocycles. The van der Waals surface area contributed by atoms with Crippen molar-refractivity contribution in [1.82, 2.24) is 14.5 Å². The summed E-state index contributed by atoms with van der Waals surface area (Å²) in [6.45, 7) is 8.87. The first-order valence-electron chi connectivity index (χ1n) is 17.3. The summed E-state index contributed by atoms with van der Waals surface area (Å²) in [6, 6.07) is 11.7. The number of aryl methyl sites for hydroxylation is 2. The third-order valence-electron chi connectivity index (χ3n) is 10.5. The number of nitrogens with zero attached hydrogens (tertiary/aromatic N) is 4. The molecule has 1 aromatic heterocycles. The molecule has 0 radical (unpaired) electrons. The van der Waals surface area contributed by atoms with Crippen LogP contribution in [0.4, 0.5) is 5.69 Å². The molecule has 272 valence electrons. The number of methoxy groups -OCH3 is 1. The molecule has 51 heavy (non-hydrogen) atoms. The molecule has 6 rings (SSSR count). The van der Waals surface area contributed by atoms with Gasteiger partial charge in [0.1, 0.15) is 11.4 Å². The summed E-state index contributed by atoms with van der Waals surface area (Å²) in [7, 11) is 1.63. The Kier molecular flexibility index (Phi) is 11.2. The number of amides is 2. The van der Waals surface area contributed by atoms with Gasteiger partial charge in [-0.25, -0.2) is 9.20 Å². The highest BCUT2D eigenvalue weighted by Gasteiger charge is 2.44. The lowest BCUT2D eigenvalue weighted by atomic mass is 9.68. The lowest BCUT2D eigenvalue weighted by molar-refractivity contribution is -0.137. The van der Waals surface area contributed by atoms with Crippen molar-refractivity contribution in [3.63, 3.8) is 0 Å². The van der Waals surface area contributed by atoms with Crippen LogP contribution in [0.2, 0.25) is 5.02 Å². The molecule has 11 nitrogen and oxygen atoms in total. The van der Waals surface area contributed by atoms with Crippen molar-refractivity contribution in [3.8, 4) is 5.75 Å². The van der Waals surface area contributed by atoms with E-state index in [2.05, 4.69) is 38.6 Å². The van der Waals surface area contributed by atoms with Crippen LogP contribution in [0.5, 0.6) is 5.75 Å². The van der Waals surface area contributed by atoms with Crippen LogP contribution >= 0.6 is 11.6 Å². The third kappa shape index (κ3) is 7.99. The first-order chi connectivity index (χ1) is 24.4. The minimum Gasteiger partial charge on any atom is -0.490 e. The van der Waals surface area contributed by atoms with Crippen molar-refractivity contribution in [2.45, 2.75) is 68.0 Å². The van der Waals surface area contributed by atoms with E-state index in [4.69, 9.17) is 25.8 Å². The maximum absolute atomic E-state index is 13.5. The monoisotopic (exact) mass is 735 g/mol. The van der Waals surface area contributed by atoms with E-state index in [1.165, 1.54) is 22.0 Å². The lowest BCUT2D eigenvalue weighted by Crippen LogP contribution is -2.49. The van der Waals surface area contributed by atoms with Gasteiger partial charge in [0.15, 0.2) is 11.0 Å². The number of aliphatic imine (C=N–C) groups is 1. The van der Waals surface area contributed by atoms with Crippen molar-refractivity contribution in [1.29, 1.82) is 0 Å². The van der Waals surface area contributed by atoms with E-state index in [0.29, 0.717) is 29.5 Å². The zero-order valence-electron chi connectivity index (χ0n) is 29.6. The zero-order chi connectivity index (χ0) is 36.3. The molecule has 1 unspecified atom stereocenters. The molecular formula is C38H46ClN5O6S. The van der Waals surface area contributed by atoms with E-state index in [-0.39, 0.29) is 24.0 Å². The molecule has 1 aliphatic heterocycles. The predicted octanol–water partition coefficient (Wildman–Crippen LogP) is 5.62. The molecule has 2 aromatic carbocycles. The van der Waals surface area contributed by atoms with Gasteiger partial charge in [0, 0.05) is 43.9 Å². The van der Waals surface area contributed by atoms with Gasteiger partial charge >= 0.3 is 0 Å². The SMILES string of the molecule is C=NC(=O)C(C)(C)OC/C=C/[C@H](OC)[C@@H]1CC[C@H]1CN1C[C@@]2(CCCc3cc(Cl)ccc32)COc2ccc(S(=O)NC(=O)c3cnn(C)c3)cc21. The summed E-state index contributed by atoms with van der Waals surface area (Å²) in [5, 5.41) is 4.78. The Hall–Kier alpha value is -3.84. The van der Waals surface area contributed by atoms with Crippen molar-refractivity contribution < 1.29 is 28.0 Å². The Morgan fingerprint density at radius 1 is 1.27 bits per heavy atom. The number of hydrogen-bond acceptors (Lipinski definition) is 8. The molecule has 1 fully saturated rings. The average molecular weight is 736 g/mol. The molecule has 2 aliphatic carbocycles. The van der Waals surface area contributed by atoms with Crippen LogP contribution in [0.1, 0.15) is 61.0 Å². The van der Waals surface area contributed by atoms with Gasteiger partial charge in [-0.2, -0.15) is 5.10 Å². The molecule has 13 heteroatoms. The van der Waals surface area contributed by atoms with E-state index < -0.39 is 28.4 Å². The molecule has 3 aromatic rings. The van der Waals surface area contributed by atoms with E-state index >= 15 is 0 Å². The van der Waals surface area contributed by atoms with Gasteiger partial charge in [-0.05, 0) is 106 Å². The number of anilines is 1. The standard InChI is InChI=1S/C38H46ClN5O6S/c1-37(2,36(46)40-3)50-17-7-9-33(48-5)30-13-10-26(30)22-44-23-38(16-6-8-25-18-28(39)11-14-31(25)38)24-49-34-15-12-29(19-32(34)44)51(47)42-35(45)27-20-41-43(4)21-27/h7,9,11-12,14-15,18-21,26,30,33H,3,6,8,10,13,16-17,22-24H2,1-2,4-5H3,(H,42,45)/b9-7+/t26-,30+,33-,38-,51?/m0/s1. The molecule has 0 saturated heterocycles. The highest BCUT2D eigenvalue weighted by Crippen LogP contribution is 2.47. The quantitative estimate of drug-likeness (QED) is 0.188. The fraction of sp³-hybridized carbons (Fsp3) is 0.474. The maximum atomic E-state index is 13.5. The maximum Gasteiger partial charge on any atom is 0.276 e. The number of fused-ring (bicyclic) bond motifs is 3. The molecule has 3 aliphatic rings. The summed E-state index contributed by atoms with van der Waals surface area (Å²) in [6.07, 6.45) is 11.8. The van der Waals surface area contributed by atoms with Crippen LogP contribution in [0.3, 0.4) is 0 Å². The number of benzene rings is 2. The summed E-state index contributed by atoms with van der Waals surface area (Å²) >= 11 is 6.45. The largest absolute Gasteiger partial charge is 0.490 e. The van der Waals surface area contributed by atoms with Crippen LogP contribution < -0.4 is 14.4 Å². The molecule has 0 bridgehead atoms. The molecule has 5 atom stereocenters. The predicted molar refractivity (Wildman–Crippen MR) is 198 cm³/mol. The Morgan fingerprint density at radius 3 is 2.80 bits per heavy atom. The fourth-order valence-electron chi connectivity index (χ4n) is 7.58. The van der Waals surface area contributed by atoms with Crippen molar-refractivity contribution in [3.05, 3.63) is 82.7 Å². The van der Waals surface area contributed by atoms with Crippen LogP contribution in [-0.2, 0) is 44.1 Å². The number of carbonyl (C=O) groups is 2. The number of ether oxygens (including phenoxy) is 3. The number of rotatable bonds is 12. The van der Waals surface area contributed by atoms with Crippen molar-refractivity contribution >= 4 is 46.8 Å². The van der Waals surface area contributed by atoms with Crippen molar-refractivity contribution in [2.75, 3.05) is 38.3 Å². The Morgan fingerprint density at radius 2 is 2.10 bits per heavy atom. The minimum absolute atomic E-state index is 0.139. The second kappa shape index (κ2) is 15.4. The average Bonchev–Trinajstić information content (AvgIpc) is 3.49. The molecule has 1 spiro atoms. The van der Waals surface area contributed by atoms with E-state index in [1.807, 2.05) is 30.4 Å². The highest BCUT2D eigenvalue weighted by molar-refractivity contribution is 7.83. The Bertz CT molecular complexity index is 1840. The summed E-state index contributed by atoms with van der Waals surface area (Å²) in [5.74, 6) is 0.404. The highest BCUT2D eigenvalue weighted by atomic mass is 35.5. The number of nitrogens with one attached hydrogen (secondary N) is 1. The third-order valence-corrected chi connectivity index (χ3v) is 11.8. The van der Waals surface area contributed by atoms with Gasteiger partial charge in [0.05, 0.1) is 41.7 Å². The van der Waals surface area contributed by atoms with Gasteiger partial charge in [-0.3, -0.25) is 19.0 Å². The Labute approximate surface area is 307 Å². The molecular weight excluding hydrogens is 690 g/mol. The lowest BCUT2D eigenvalue weighted by Gasteiger charge is -2.46. The van der Waals surface area contributed by atoms with Crippen molar-refractivity contribution in [2.24, 2.45) is 23.9 Å². The second-order valence-electron chi connectivity index (χ2n) is 14.3. The van der Waals surface area contributed by atoms with Crippen LogP contribution in [-0.4, -0.2) is 77.6 Å². The first kappa shape index (κ1) is 36.9. The number of carbonyl (C=O) groups excluding carboxylic acids is 2. The number of halogens is 1. The minimum atomic E-state index is -1.81. The topological polar surface area (TPSA) is 124 Å². The Balaban J connectivity index is 1.26. The van der Waals surface area contributed by atoms with Gasteiger partial charge in [-0.15, -0.1) is 0 Å². The number of aromatic nitrogens is 2. The summed E-state index contributed by atoms with van der Waals surface area (Å²) in [4.78, 5) is 31.2.